The fraction of sp³-hybridized carbons (Fsp3) is 0.250. The van der Waals surface area contributed by atoms with E-state index >= 15 is 0 Å². The van der Waals surface area contributed by atoms with E-state index in [0.29, 0.717) is 17.9 Å². The van der Waals surface area contributed by atoms with Crippen molar-refractivity contribution in [2.45, 2.75) is 11.3 Å². The van der Waals surface area contributed by atoms with Crippen molar-refractivity contribution < 1.29 is 17.9 Å². The Balaban J connectivity index is 2.27. The summed E-state index contributed by atoms with van der Waals surface area (Å²) in [5, 5.41) is 0. The van der Waals surface area contributed by atoms with Crippen LogP contribution in [0.2, 0.25) is 0 Å². The lowest BCUT2D eigenvalue weighted by Gasteiger charge is -2.03. The van der Waals surface area contributed by atoms with Gasteiger partial charge >= 0.3 is 0 Å². The molecule has 1 aromatic carbocycles. The van der Waals surface area contributed by atoms with Gasteiger partial charge in [-0.15, -0.1) is 0 Å². The third-order valence-electron chi connectivity index (χ3n) is 2.47. The second kappa shape index (κ2) is 4.33. The highest BCUT2D eigenvalue weighted by molar-refractivity contribution is 7.90. The molecule has 0 aromatic heterocycles. The third kappa shape index (κ3) is 2.55. The van der Waals surface area contributed by atoms with Crippen LogP contribution in [0.1, 0.15) is 16.8 Å². The zero-order chi connectivity index (χ0) is 12.5. The molecule has 0 unspecified atom stereocenters. The highest BCUT2D eigenvalue weighted by Crippen LogP contribution is 2.17. The van der Waals surface area contributed by atoms with Crippen molar-refractivity contribution in [3.63, 3.8) is 0 Å². The number of Topliss-reactive ketones (excluding diaryl/α,β-unsaturated/α-hetero) is 1. The van der Waals surface area contributed by atoms with Crippen LogP contribution in [0.3, 0.4) is 0 Å². The SMILES string of the molecule is CS(=O)(=O)c1ccc(C(=O)C2=CCCO2)cc1. The molecule has 17 heavy (non-hydrogen) atoms. The fourth-order valence-electron chi connectivity index (χ4n) is 1.57. The van der Waals surface area contributed by atoms with Gasteiger partial charge in [0.2, 0.25) is 5.78 Å². The molecule has 0 amide bonds. The zero-order valence-corrected chi connectivity index (χ0v) is 10.2. The molecule has 90 valence electrons. The molecule has 0 saturated carbocycles. The summed E-state index contributed by atoms with van der Waals surface area (Å²) in [6, 6.07) is 5.86. The van der Waals surface area contributed by atoms with Gasteiger partial charge in [0.1, 0.15) is 0 Å². The summed E-state index contributed by atoms with van der Waals surface area (Å²) in [7, 11) is -3.22. The van der Waals surface area contributed by atoms with E-state index in [1.165, 1.54) is 24.3 Å². The van der Waals surface area contributed by atoms with Crippen molar-refractivity contribution >= 4 is 15.6 Å². The molecule has 1 heterocycles. The topological polar surface area (TPSA) is 60.4 Å². The number of carbonyl (C=O) groups is 1. The first-order chi connectivity index (χ1) is 7.98. The first-order valence-electron chi connectivity index (χ1n) is 5.16. The summed E-state index contributed by atoms with van der Waals surface area (Å²) in [5.41, 5.74) is 0.436. The van der Waals surface area contributed by atoms with Gasteiger partial charge in [-0.3, -0.25) is 4.79 Å². The summed E-state index contributed by atoms with van der Waals surface area (Å²) >= 11 is 0. The minimum absolute atomic E-state index is 0.204. The van der Waals surface area contributed by atoms with Crippen molar-refractivity contribution in [1.29, 1.82) is 0 Å². The average molecular weight is 252 g/mol. The Kier molecular flexibility index (Phi) is 3.02. The molecule has 5 heteroatoms. The Labute approximate surface area is 99.8 Å². The number of ether oxygens (including phenoxy) is 1. The average Bonchev–Trinajstić information content (AvgIpc) is 2.80. The van der Waals surface area contributed by atoms with Crippen molar-refractivity contribution in [3.8, 4) is 0 Å². The van der Waals surface area contributed by atoms with Crippen molar-refractivity contribution in [2.75, 3.05) is 12.9 Å². The molecular formula is C12H12O4S. The quantitative estimate of drug-likeness (QED) is 0.766. The van der Waals surface area contributed by atoms with Crippen LogP contribution in [0.4, 0.5) is 0 Å². The zero-order valence-electron chi connectivity index (χ0n) is 9.34. The second-order valence-electron chi connectivity index (χ2n) is 3.83. The molecule has 0 N–H and O–H groups in total. The number of allylic oxidation sites excluding steroid dienone is 1. The van der Waals surface area contributed by atoms with Crippen LogP contribution in [-0.4, -0.2) is 27.1 Å². The van der Waals surface area contributed by atoms with Crippen LogP contribution >= 0.6 is 0 Å². The number of hydrogen-bond donors (Lipinski definition) is 0. The normalized spacial score (nSPS) is 15.2. The second-order valence-corrected chi connectivity index (χ2v) is 5.85. The number of carbonyl (C=O) groups excluding carboxylic acids is 1. The van der Waals surface area contributed by atoms with Gasteiger partial charge < -0.3 is 4.74 Å². The third-order valence-corrected chi connectivity index (χ3v) is 3.60. The van der Waals surface area contributed by atoms with Crippen LogP contribution in [0.5, 0.6) is 0 Å². The maximum absolute atomic E-state index is 11.9. The summed E-state index contributed by atoms with van der Waals surface area (Å²) < 4.78 is 27.7. The molecule has 2 rings (SSSR count). The maximum atomic E-state index is 11.9. The predicted molar refractivity (Wildman–Crippen MR) is 62.5 cm³/mol. The lowest BCUT2D eigenvalue weighted by Crippen LogP contribution is -2.05. The van der Waals surface area contributed by atoms with Gasteiger partial charge in [-0.25, -0.2) is 8.42 Å². The highest BCUT2D eigenvalue weighted by Gasteiger charge is 2.17. The lowest BCUT2D eigenvalue weighted by atomic mass is 10.1. The highest BCUT2D eigenvalue weighted by atomic mass is 32.2. The van der Waals surface area contributed by atoms with E-state index in [1.807, 2.05) is 0 Å². The standard InChI is InChI=1S/C12H12O4S/c1-17(14,15)10-6-4-9(5-7-10)12(13)11-3-2-8-16-11/h3-7H,2,8H2,1H3. The molecule has 4 nitrogen and oxygen atoms in total. The maximum Gasteiger partial charge on any atom is 0.227 e. The van der Waals surface area contributed by atoms with Crippen LogP contribution in [0.15, 0.2) is 41.0 Å². The Morgan fingerprint density at radius 2 is 1.88 bits per heavy atom. The smallest absolute Gasteiger partial charge is 0.227 e. The van der Waals surface area contributed by atoms with Crippen molar-refractivity contribution in [2.24, 2.45) is 0 Å². The summed E-state index contributed by atoms with van der Waals surface area (Å²) in [6.45, 7) is 0.530. The monoisotopic (exact) mass is 252 g/mol. The van der Waals surface area contributed by atoms with E-state index in [0.717, 1.165) is 12.7 Å². The van der Waals surface area contributed by atoms with Gasteiger partial charge in [-0.2, -0.15) is 0 Å². The van der Waals surface area contributed by atoms with Crippen molar-refractivity contribution in [1.82, 2.24) is 0 Å². The van der Waals surface area contributed by atoms with Gasteiger partial charge in [-0.1, -0.05) is 0 Å². The fourth-order valence-corrected chi connectivity index (χ4v) is 2.20. The molecule has 0 bridgehead atoms. The van der Waals surface area contributed by atoms with E-state index in [9.17, 15) is 13.2 Å². The molecule has 1 aliphatic rings. The Morgan fingerprint density at radius 3 is 2.35 bits per heavy atom. The Bertz CT molecular complexity index is 567. The number of ketones is 1. The van der Waals surface area contributed by atoms with E-state index in [4.69, 9.17) is 4.74 Å². The van der Waals surface area contributed by atoms with Gasteiger partial charge in [-0.05, 0) is 30.3 Å². The van der Waals surface area contributed by atoms with Crippen molar-refractivity contribution in [3.05, 3.63) is 41.7 Å². The molecule has 0 spiro atoms. The minimum Gasteiger partial charge on any atom is -0.489 e. The Hall–Kier alpha value is -1.62. The lowest BCUT2D eigenvalue weighted by molar-refractivity contribution is 0.0942. The minimum atomic E-state index is -3.22. The van der Waals surface area contributed by atoms with E-state index in [-0.39, 0.29) is 10.7 Å². The predicted octanol–water partition coefficient (Wildman–Crippen LogP) is 1.58. The summed E-state index contributed by atoms with van der Waals surface area (Å²) in [5.74, 6) is 0.139. The molecule has 1 aliphatic heterocycles. The van der Waals surface area contributed by atoms with Crippen LogP contribution in [-0.2, 0) is 14.6 Å². The Morgan fingerprint density at radius 1 is 1.24 bits per heavy atom. The van der Waals surface area contributed by atoms with Gasteiger partial charge in [0.25, 0.3) is 0 Å². The number of sulfone groups is 1. The summed E-state index contributed by atoms with van der Waals surface area (Å²) in [4.78, 5) is 12.1. The van der Waals surface area contributed by atoms with Gasteiger partial charge in [0.05, 0.1) is 11.5 Å². The van der Waals surface area contributed by atoms with E-state index in [2.05, 4.69) is 0 Å². The molecular weight excluding hydrogens is 240 g/mol. The molecule has 0 fully saturated rings. The van der Waals surface area contributed by atoms with E-state index < -0.39 is 9.84 Å². The molecule has 0 radical (unpaired) electrons. The number of hydrogen-bond acceptors (Lipinski definition) is 4. The van der Waals surface area contributed by atoms with Crippen LogP contribution < -0.4 is 0 Å². The molecule has 0 atom stereocenters. The van der Waals surface area contributed by atoms with E-state index in [1.54, 1.807) is 6.08 Å². The number of rotatable bonds is 3. The first-order valence-corrected chi connectivity index (χ1v) is 7.05. The molecule has 1 aromatic rings. The number of benzene rings is 1. The van der Waals surface area contributed by atoms with Gasteiger partial charge in [0.15, 0.2) is 15.6 Å². The summed E-state index contributed by atoms with van der Waals surface area (Å²) in [6.07, 6.45) is 3.61. The van der Waals surface area contributed by atoms with Crippen LogP contribution in [0, 0.1) is 0 Å². The van der Waals surface area contributed by atoms with Gasteiger partial charge in [0, 0.05) is 18.2 Å². The van der Waals surface area contributed by atoms with Crippen LogP contribution in [0.25, 0.3) is 0 Å². The molecule has 0 aliphatic carbocycles. The largest absolute Gasteiger partial charge is 0.489 e. The molecule has 0 saturated heterocycles. The first kappa shape index (κ1) is 11.9.